The summed E-state index contributed by atoms with van der Waals surface area (Å²) in [5.41, 5.74) is 1.54. The molecular weight excluding hydrogens is 198 g/mol. The Hall–Kier alpha value is -1.42. The SMILES string of the molecule is CC(=O)c1csc(-c2occc2C)n1. The van der Waals surface area contributed by atoms with Crippen molar-refractivity contribution in [1.82, 2.24) is 4.98 Å². The van der Waals surface area contributed by atoms with Crippen LogP contribution in [0.1, 0.15) is 23.0 Å². The lowest BCUT2D eigenvalue weighted by Crippen LogP contribution is -1.91. The number of carbonyl (C=O) groups excluding carboxylic acids is 1. The Balaban J connectivity index is 2.43. The van der Waals surface area contributed by atoms with Gasteiger partial charge >= 0.3 is 0 Å². The van der Waals surface area contributed by atoms with Crippen LogP contribution in [-0.2, 0) is 0 Å². The van der Waals surface area contributed by atoms with Crippen molar-refractivity contribution in [2.24, 2.45) is 0 Å². The number of Topliss-reactive ketones (excluding diaryl/α,β-unsaturated/α-hetero) is 1. The molecule has 0 aliphatic rings. The molecule has 0 amide bonds. The van der Waals surface area contributed by atoms with E-state index in [0.717, 1.165) is 16.3 Å². The van der Waals surface area contributed by atoms with Crippen molar-refractivity contribution in [2.45, 2.75) is 13.8 Å². The molecule has 0 atom stereocenters. The number of aryl methyl sites for hydroxylation is 1. The first kappa shape index (κ1) is 9.15. The summed E-state index contributed by atoms with van der Waals surface area (Å²) in [7, 11) is 0. The van der Waals surface area contributed by atoms with Gasteiger partial charge in [0.1, 0.15) is 5.69 Å². The van der Waals surface area contributed by atoms with Crippen molar-refractivity contribution in [2.75, 3.05) is 0 Å². The lowest BCUT2D eigenvalue weighted by atomic mass is 10.3. The zero-order chi connectivity index (χ0) is 10.1. The average molecular weight is 207 g/mol. The Morgan fingerprint density at radius 1 is 1.57 bits per heavy atom. The van der Waals surface area contributed by atoms with Gasteiger partial charge in [0.05, 0.1) is 6.26 Å². The number of hydrogen-bond donors (Lipinski definition) is 0. The Morgan fingerprint density at radius 3 is 2.86 bits per heavy atom. The number of furan rings is 1. The summed E-state index contributed by atoms with van der Waals surface area (Å²) in [6.45, 7) is 3.46. The van der Waals surface area contributed by atoms with Crippen molar-refractivity contribution in [3.05, 3.63) is 29.0 Å². The van der Waals surface area contributed by atoms with Gasteiger partial charge in [0.15, 0.2) is 16.6 Å². The summed E-state index contributed by atoms with van der Waals surface area (Å²) in [5, 5.41) is 2.51. The van der Waals surface area contributed by atoms with E-state index < -0.39 is 0 Å². The second kappa shape index (κ2) is 3.38. The summed E-state index contributed by atoms with van der Waals surface area (Å²) in [6.07, 6.45) is 1.62. The molecule has 0 unspecified atom stereocenters. The molecule has 0 radical (unpaired) electrons. The number of ketones is 1. The van der Waals surface area contributed by atoms with Crippen LogP contribution in [0, 0.1) is 6.92 Å². The number of thiazole rings is 1. The summed E-state index contributed by atoms with van der Waals surface area (Å²) in [6, 6.07) is 1.88. The van der Waals surface area contributed by atoms with Crippen LogP contribution in [-0.4, -0.2) is 10.8 Å². The molecule has 0 saturated carbocycles. The fourth-order valence-corrected chi connectivity index (χ4v) is 2.04. The number of aromatic nitrogens is 1. The molecule has 3 nitrogen and oxygen atoms in total. The smallest absolute Gasteiger partial charge is 0.178 e. The van der Waals surface area contributed by atoms with Crippen LogP contribution in [0.25, 0.3) is 10.8 Å². The molecule has 0 aliphatic heterocycles. The summed E-state index contributed by atoms with van der Waals surface area (Å²) < 4.78 is 5.28. The molecule has 4 heteroatoms. The van der Waals surface area contributed by atoms with Crippen LogP contribution in [0.15, 0.2) is 22.1 Å². The van der Waals surface area contributed by atoms with E-state index in [1.54, 1.807) is 11.6 Å². The van der Waals surface area contributed by atoms with E-state index in [1.165, 1.54) is 18.3 Å². The zero-order valence-corrected chi connectivity index (χ0v) is 8.72. The van der Waals surface area contributed by atoms with E-state index in [9.17, 15) is 4.79 Å². The van der Waals surface area contributed by atoms with E-state index in [-0.39, 0.29) is 5.78 Å². The zero-order valence-electron chi connectivity index (χ0n) is 7.90. The van der Waals surface area contributed by atoms with Gasteiger partial charge in [-0.2, -0.15) is 0 Å². The van der Waals surface area contributed by atoms with E-state index in [1.807, 2.05) is 13.0 Å². The third-order valence-electron chi connectivity index (χ3n) is 1.92. The number of nitrogens with zero attached hydrogens (tertiary/aromatic N) is 1. The first-order valence-corrected chi connectivity index (χ1v) is 5.07. The first-order chi connectivity index (χ1) is 6.68. The van der Waals surface area contributed by atoms with Gasteiger partial charge in [0.25, 0.3) is 0 Å². The van der Waals surface area contributed by atoms with Crippen LogP contribution in [0.5, 0.6) is 0 Å². The summed E-state index contributed by atoms with van der Waals surface area (Å²) >= 11 is 1.42. The van der Waals surface area contributed by atoms with Crippen LogP contribution in [0.4, 0.5) is 0 Å². The normalized spacial score (nSPS) is 10.4. The molecule has 72 valence electrons. The molecule has 0 aliphatic carbocycles. The first-order valence-electron chi connectivity index (χ1n) is 4.19. The van der Waals surface area contributed by atoms with Crippen molar-refractivity contribution < 1.29 is 9.21 Å². The molecule has 0 aromatic carbocycles. The Bertz CT molecular complexity index is 470. The van der Waals surface area contributed by atoms with Crippen molar-refractivity contribution >= 4 is 17.1 Å². The van der Waals surface area contributed by atoms with Gasteiger partial charge in [-0.3, -0.25) is 4.79 Å². The minimum absolute atomic E-state index is 0.0169. The van der Waals surface area contributed by atoms with Gasteiger partial charge in [0, 0.05) is 12.3 Å². The molecule has 2 aromatic rings. The number of carbonyl (C=O) groups is 1. The third-order valence-corrected chi connectivity index (χ3v) is 2.76. The largest absolute Gasteiger partial charge is 0.462 e. The molecule has 2 rings (SSSR count). The number of rotatable bonds is 2. The average Bonchev–Trinajstić information content (AvgIpc) is 2.71. The molecular formula is C10H9NO2S. The van der Waals surface area contributed by atoms with Gasteiger partial charge in [0.2, 0.25) is 0 Å². The maximum absolute atomic E-state index is 11.0. The highest BCUT2D eigenvalue weighted by Crippen LogP contribution is 2.27. The van der Waals surface area contributed by atoms with Crippen molar-refractivity contribution in [3.8, 4) is 10.8 Å². The van der Waals surface area contributed by atoms with Gasteiger partial charge in [-0.15, -0.1) is 11.3 Å². The quantitative estimate of drug-likeness (QED) is 0.711. The molecule has 0 fully saturated rings. The second-order valence-electron chi connectivity index (χ2n) is 3.03. The predicted molar refractivity (Wildman–Crippen MR) is 54.6 cm³/mol. The molecule has 14 heavy (non-hydrogen) atoms. The summed E-state index contributed by atoms with van der Waals surface area (Å²) in [4.78, 5) is 15.2. The molecule has 0 spiro atoms. The monoisotopic (exact) mass is 207 g/mol. The van der Waals surface area contributed by atoms with E-state index in [4.69, 9.17) is 4.42 Å². The molecule has 2 heterocycles. The van der Waals surface area contributed by atoms with Gasteiger partial charge in [-0.05, 0) is 18.6 Å². The second-order valence-corrected chi connectivity index (χ2v) is 3.88. The Morgan fingerprint density at radius 2 is 2.36 bits per heavy atom. The van der Waals surface area contributed by atoms with E-state index in [2.05, 4.69) is 4.98 Å². The maximum atomic E-state index is 11.0. The van der Waals surface area contributed by atoms with Crippen molar-refractivity contribution in [3.63, 3.8) is 0 Å². The lowest BCUT2D eigenvalue weighted by molar-refractivity contribution is 0.101. The molecule has 2 aromatic heterocycles. The van der Waals surface area contributed by atoms with Gasteiger partial charge in [-0.25, -0.2) is 4.98 Å². The summed E-state index contributed by atoms with van der Waals surface area (Å²) in [5.74, 6) is 0.735. The number of hydrogen-bond acceptors (Lipinski definition) is 4. The molecule has 0 bridgehead atoms. The fourth-order valence-electron chi connectivity index (χ4n) is 1.13. The van der Waals surface area contributed by atoms with E-state index in [0.29, 0.717) is 5.69 Å². The maximum Gasteiger partial charge on any atom is 0.178 e. The highest BCUT2D eigenvalue weighted by atomic mass is 32.1. The van der Waals surface area contributed by atoms with Crippen molar-refractivity contribution in [1.29, 1.82) is 0 Å². The van der Waals surface area contributed by atoms with E-state index >= 15 is 0 Å². The van der Waals surface area contributed by atoms with Crippen LogP contribution in [0.2, 0.25) is 0 Å². The highest BCUT2D eigenvalue weighted by molar-refractivity contribution is 7.13. The minimum atomic E-state index is -0.0169. The minimum Gasteiger partial charge on any atom is -0.462 e. The third kappa shape index (κ3) is 1.48. The Labute approximate surface area is 85.4 Å². The topological polar surface area (TPSA) is 43.1 Å². The lowest BCUT2D eigenvalue weighted by Gasteiger charge is -1.90. The Kier molecular flexibility index (Phi) is 2.21. The van der Waals surface area contributed by atoms with Gasteiger partial charge in [-0.1, -0.05) is 0 Å². The van der Waals surface area contributed by atoms with Crippen LogP contribution in [0.3, 0.4) is 0 Å². The highest BCUT2D eigenvalue weighted by Gasteiger charge is 2.11. The molecule has 0 saturated heterocycles. The molecule has 0 N–H and O–H groups in total. The van der Waals surface area contributed by atoms with Gasteiger partial charge < -0.3 is 4.42 Å². The predicted octanol–water partition coefficient (Wildman–Crippen LogP) is 2.91. The standard InChI is InChI=1S/C10H9NO2S/c1-6-3-4-13-9(6)10-11-8(5-14-10)7(2)12/h3-5H,1-2H3. The fraction of sp³-hybridized carbons (Fsp3) is 0.200. The van der Waals surface area contributed by atoms with Crippen LogP contribution >= 0.6 is 11.3 Å². The van der Waals surface area contributed by atoms with Crippen LogP contribution < -0.4 is 0 Å².